The summed E-state index contributed by atoms with van der Waals surface area (Å²) >= 11 is 0. The molecule has 1 heteroatoms. The third kappa shape index (κ3) is 3.93. The Morgan fingerprint density at radius 1 is 1.31 bits per heavy atom. The van der Waals surface area contributed by atoms with E-state index in [1.54, 1.807) is 0 Å². The molecule has 0 aliphatic heterocycles. The molecule has 1 saturated carbocycles. The Labute approximate surface area is 101 Å². The lowest BCUT2D eigenvalue weighted by Crippen LogP contribution is -2.28. The standard InChI is InChI=1S/C15H29N/c1-5-14-9-6-11(2)10-15(14)12(3)7-8-13(4)16/h5,11-15H,1,6-10,16H2,2-4H3. The van der Waals surface area contributed by atoms with Crippen LogP contribution in [-0.2, 0) is 0 Å². The van der Waals surface area contributed by atoms with E-state index in [1.165, 1.54) is 25.7 Å². The summed E-state index contributed by atoms with van der Waals surface area (Å²) in [5.41, 5.74) is 5.84. The second-order valence-electron chi connectivity index (χ2n) is 6.01. The lowest BCUT2D eigenvalue weighted by atomic mass is 9.68. The van der Waals surface area contributed by atoms with E-state index in [-0.39, 0.29) is 0 Å². The van der Waals surface area contributed by atoms with Gasteiger partial charge in [-0.1, -0.05) is 26.3 Å². The van der Waals surface area contributed by atoms with Crippen molar-refractivity contribution in [3.8, 4) is 0 Å². The van der Waals surface area contributed by atoms with Gasteiger partial charge in [-0.3, -0.25) is 0 Å². The van der Waals surface area contributed by atoms with Crippen molar-refractivity contribution in [2.75, 3.05) is 0 Å². The second kappa shape index (κ2) is 6.44. The quantitative estimate of drug-likeness (QED) is 0.701. The minimum atomic E-state index is 0.352. The van der Waals surface area contributed by atoms with Crippen LogP contribution in [0.5, 0.6) is 0 Å². The van der Waals surface area contributed by atoms with Crippen molar-refractivity contribution in [3.05, 3.63) is 12.7 Å². The Morgan fingerprint density at radius 2 is 2.00 bits per heavy atom. The van der Waals surface area contributed by atoms with Crippen LogP contribution in [0, 0.1) is 23.7 Å². The molecule has 0 bridgehead atoms. The summed E-state index contributed by atoms with van der Waals surface area (Å²) in [6.45, 7) is 10.9. The van der Waals surface area contributed by atoms with Crippen LogP contribution in [0.15, 0.2) is 12.7 Å². The minimum Gasteiger partial charge on any atom is -0.328 e. The minimum absolute atomic E-state index is 0.352. The summed E-state index contributed by atoms with van der Waals surface area (Å²) in [5.74, 6) is 3.30. The summed E-state index contributed by atoms with van der Waals surface area (Å²) in [6, 6.07) is 0.352. The van der Waals surface area contributed by atoms with Gasteiger partial charge in [0, 0.05) is 6.04 Å². The van der Waals surface area contributed by atoms with Crippen LogP contribution >= 0.6 is 0 Å². The lowest BCUT2D eigenvalue weighted by molar-refractivity contribution is 0.156. The van der Waals surface area contributed by atoms with E-state index in [0.717, 1.165) is 30.1 Å². The fourth-order valence-corrected chi connectivity index (χ4v) is 3.14. The van der Waals surface area contributed by atoms with E-state index in [1.807, 2.05) is 0 Å². The van der Waals surface area contributed by atoms with Gasteiger partial charge < -0.3 is 5.73 Å². The molecule has 0 heterocycles. The normalized spacial score (nSPS) is 34.4. The highest BCUT2D eigenvalue weighted by Crippen LogP contribution is 2.40. The number of hydrogen-bond donors (Lipinski definition) is 1. The number of rotatable bonds is 5. The molecule has 1 rings (SSSR count). The average Bonchev–Trinajstić information content (AvgIpc) is 2.25. The van der Waals surface area contributed by atoms with Gasteiger partial charge in [0.15, 0.2) is 0 Å². The molecule has 1 aliphatic carbocycles. The van der Waals surface area contributed by atoms with E-state index in [0.29, 0.717) is 6.04 Å². The zero-order valence-corrected chi connectivity index (χ0v) is 11.3. The van der Waals surface area contributed by atoms with Gasteiger partial charge in [-0.05, 0) is 56.3 Å². The topological polar surface area (TPSA) is 26.0 Å². The van der Waals surface area contributed by atoms with Crippen molar-refractivity contribution >= 4 is 0 Å². The first kappa shape index (κ1) is 13.8. The van der Waals surface area contributed by atoms with Crippen LogP contribution in [0.3, 0.4) is 0 Å². The number of allylic oxidation sites excluding steroid dienone is 1. The highest BCUT2D eigenvalue weighted by atomic mass is 14.6. The Balaban J connectivity index is 2.49. The van der Waals surface area contributed by atoms with E-state index < -0.39 is 0 Å². The maximum absolute atomic E-state index is 5.84. The summed E-state index contributed by atoms with van der Waals surface area (Å²) in [7, 11) is 0. The highest BCUT2D eigenvalue weighted by Gasteiger charge is 2.30. The van der Waals surface area contributed by atoms with Crippen LogP contribution in [0.4, 0.5) is 0 Å². The molecule has 2 N–H and O–H groups in total. The van der Waals surface area contributed by atoms with Crippen LogP contribution in [0.25, 0.3) is 0 Å². The molecule has 0 saturated heterocycles. The maximum Gasteiger partial charge on any atom is 0.00105 e. The second-order valence-corrected chi connectivity index (χ2v) is 6.01. The molecule has 16 heavy (non-hydrogen) atoms. The maximum atomic E-state index is 5.84. The average molecular weight is 223 g/mol. The predicted octanol–water partition coefficient (Wildman–Crippen LogP) is 3.99. The molecular weight excluding hydrogens is 194 g/mol. The fourth-order valence-electron chi connectivity index (χ4n) is 3.14. The van der Waals surface area contributed by atoms with Gasteiger partial charge in [-0.2, -0.15) is 0 Å². The molecule has 1 nitrogen and oxygen atoms in total. The smallest absolute Gasteiger partial charge is 0.00105 e. The van der Waals surface area contributed by atoms with Gasteiger partial charge >= 0.3 is 0 Å². The first-order chi connectivity index (χ1) is 7.54. The fraction of sp³-hybridized carbons (Fsp3) is 0.867. The van der Waals surface area contributed by atoms with Crippen LogP contribution < -0.4 is 5.73 Å². The van der Waals surface area contributed by atoms with Crippen LogP contribution in [0.1, 0.15) is 52.9 Å². The van der Waals surface area contributed by atoms with Gasteiger partial charge in [0.2, 0.25) is 0 Å². The first-order valence-electron chi connectivity index (χ1n) is 6.92. The van der Waals surface area contributed by atoms with Gasteiger partial charge in [-0.15, -0.1) is 6.58 Å². The van der Waals surface area contributed by atoms with Crippen molar-refractivity contribution in [3.63, 3.8) is 0 Å². The Bertz CT molecular complexity index is 209. The Morgan fingerprint density at radius 3 is 2.56 bits per heavy atom. The molecule has 1 fully saturated rings. The molecule has 0 aromatic carbocycles. The molecule has 0 aromatic heterocycles. The Hall–Kier alpha value is -0.300. The molecular formula is C15H29N. The molecule has 5 unspecified atom stereocenters. The SMILES string of the molecule is C=CC1CCC(C)CC1C(C)CCC(C)N. The predicted molar refractivity (Wildman–Crippen MR) is 72.2 cm³/mol. The van der Waals surface area contributed by atoms with Crippen molar-refractivity contribution in [1.82, 2.24) is 0 Å². The van der Waals surface area contributed by atoms with E-state index >= 15 is 0 Å². The lowest BCUT2D eigenvalue weighted by Gasteiger charge is -2.37. The molecule has 0 radical (unpaired) electrons. The highest BCUT2D eigenvalue weighted by molar-refractivity contribution is 4.91. The van der Waals surface area contributed by atoms with Crippen molar-refractivity contribution in [2.45, 2.75) is 58.9 Å². The Kier molecular flexibility index (Phi) is 5.54. The van der Waals surface area contributed by atoms with E-state index in [9.17, 15) is 0 Å². The number of nitrogens with two attached hydrogens (primary N) is 1. The first-order valence-corrected chi connectivity index (χ1v) is 6.92. The zero-order valence-electron chi connectivity index (χ0n) is 11.3. The van der Waals surface area contributed by atoms with E-state index in [2.05, 4.69) is 33.4 Å². The van der Waals surface area contributed by atoms with E-state index in [4.69, 9.17) is 5.73 Å². The van der Waals surface area contributed by atoms with Crippen molar-refractivity contribution in [1.29, 1.82) is 0 Å². The summed E-state index contributed by atoms with van der Waals surface area (Å²) in [4.78, 5) is 0. The number of hydrogen-bond acceptors (Lipinski definition) is 1. The molecule has 5 atom stereocenters. The summed E-state index contributed by atoms with van der Waals surface area (Å²) in [6.07, 6.45) is 8.75. The van der Waals surface area contributed by atoms with Gasteiger partial charge in [0.05, 0.1) is 0 Å². The molecule has 0 amide bonds. The summed E-state index contributed by atoms with van der Waals surface area (Å²) < 4.78 is 0. The third-order valence-electron chi connectivity index (χ3n) is 4.33. The molecule has 94 valence electrons. The van der Waals surface area contributed by atoms with Crippen LogP contribution in [0.2, 0.25) is 0 Å². The van der Waals surface area contributed by atoms with Gasteiger partial charge in [0.25, 0.3) is 0 Å². The molecule has 0 aromatic rings. The van der Waals surface area contributed by atoms with Crippen molar-refractivity contribution < 1.29 is 0 Å². The summed E-state index contributed by atoms with van der Waals surface area (Å²) in [5, 5.41) is 0. The van der Waals surface area contributed by atoms with Gasteiger partial charge in [0.1, 0.15) is 0 Å². The molecule has 0 spiro atoms. The monoisotopic (exact) mass is 223 g/mol. The molecule has 1 aliphatic rings. The largest absolute Gasteiger partial charge is 0.328 e. The third-order valence-corrected chi connectivity index (χ3v) is 4.33. The van der Waals surface area contributed by atoms with Crippen molar-refractivity contribution in [2.24, 2.45) is 29.4 Å². The van der Waals surface area contributed by atoms with Crippen LogP contribution in [-0.4, -0.2) is 6.04 Å². The zero-order chi connectivity index (χ0) is 12.1. The van der Waals surface area contributed by atoms with Gasteiger partial charge in [-0.25, -0.2) is 0 Å².